The van der Waals surface area contributed by atoms with Crippen LogP contribution in [-0.4, -0.2) is 26.5 Å². The normalized spacial score (nSPS) is 14.2. The molecule has 0 aliphatic rings. The van der Waals surface area contributed by atoms with Crippen molar-refractivity contribution in [3.63, 3.8) is 0 Å². The summed E-state index contributed by atoms with van der Waals surface area (Å²) in [5, 5.41) is 10.8. The fraction of sp³-hybridized carbons (Fsp3) is 0.188. The Kier molecular flexibility index (Phi) is 4.84. The second-order valence-electron chi connectivity index (χ2n) is 5.10. The van der Waals surface area contributed by atoms with Gasteiger partial charge in [-0.25, -0.2) is 13.1 Å². The molecule has 0 bridgehead atoms. The topological polar surface area (TPSA) is 109 Å². The van der Waals surface area contributed by atoms with Crippen molar-refractivity contribution in [2.75, 3.05) is 7.05 Å². The van der Waals surface area contributed by atoms with Crippen LogP contribution < -0.4 is 10.5 Å². The summed E-state index contributed by atoms with van der Waals surface area (Å²) in [7, 11) is -2.06. The number of aliphatic hydroxyl groups is 1. The van der Waals surface area contributed by atoms with Gasteiger partial charge in [-0.05, 0) is 23.7 Å². The third kappa shape index (κ3) is 3.58. The highest BCUT2D eigenvalue weighted by Gasteiger charge is 2.37. The molecule has 0 aliphatic carbocycles. The van der Waals surface area contributed by atoms with Gasteiger partial charge in [0.1, 0.15) is 0 Å². The number of benzene rings is 2. The van der Waals surface area contributed by atoms with Crippen molar-refractivity contribution in [1.82, 2.24) is 4.72 Å². The van der Waals surface area contributed by atoms with Crippen LogP contribution in [0.5, 0.6) is 0 Å². The summed E-state index contributed by atoms with van der Waals surface area (Å²) in [5.41, 5.74) is 4.59. The molecule has 0 fully saturated rings. The van der Waals surface area contributed by atoms with Gasteiger partial charge in [0.2, 0.25) is 10.0 Å². The largest absolute Gasteiger partial charge is 0.372 e. The number of rotatable bonds is 6. The molecule has 0 aromatic heterocycles. The molecule has 2 aromatic rings. The first kappa shape index (κ1) is 17.1. The minimum Gasteiger partial charge on any atom is -0.372 e. The maximum Gasteiger partial charge on any atom is 0.258 e. The summed E-state index contributed by atoms with van der Waals surface area (Å²) in [5.74, 6) is -1.09. The summed E-state index contributed by atoms with van der Waals surface area (Å²) in [4.78, 5) is 11.8. The molecule has 0 radical (unpaired) electrons. The monoisotopic (exact) mass is 334 g/mol. The number of amides is 1. The molecular weight excluding hydrogens is 316 g/mol. The smallest absolute Gasteiger partial charge is 0.258 e. The van der Waals surface area contributed by atoms with Crippen LogP contribution in [0.25, 0.3) is 0 Å². The molecule has 6 nitrogen and oxygen atoms in total. The predicted molar refractivity (Wildman–Crippen MR) is 86.8 cm³/mol. The van der Waals surface area contributed by atoms with Crippen LogP contribution in [0.2, 0.25) is 0 Å². The minimum absolute atomic E-state index is 0.190. The van der Waals surface area contributed by atoms with Crippen molar-refractivity contribution >= 4 is 15.9 Å². The summed E-state index contributed by atoms with van der Waals surface area (Å²) in [6.45, 7) is 0. The number of carbonyl (C=O) groups excluding carboxylic acids is 1. The number of carbonyl (C=O) groups is 1. The van der Waals surface area contributed by atoms with Gasteiger partial charge in [0.25, 0.3) is 5.91 Å². The average Bonchev–Trinajstić information content (AvgIpc) is 2.55. The first-order valence-corrected chi connectivity index (χ1v) is 8.53. The Morgan fingerprint density at radius 1 is 1.09 bits per heavy atom. The van der Waals surface area contributed by atoms with Crippen molar-refractivity contribution in [3.05, 3.63) is 71.3 Å². The van der Waals surface area contributed by atoms with Gasteiger partial charge in [0.05, 0.1) is 5.75 Å². The van der Waals surface area contributed by atoms with Gasteiger partial charge in [0, 0.05) is 0 Å². The first-order valence-electron chi connectivity index (χ1n) is 6.88. The van der Waals surface area contributed by atoms with Crippen LogP contribution in [0, 0.1) is 0 Å². The van der Waals surface area contributed by atoms with Crippen molar-refractivity contribution < 1.29 is 18.3 Å². The zero-order valence-electron chi connectivity index (χ0n) is 12.6. The molecule has 2 aromatic carbocycles. The van der Waals surface area contributed by atoms with Gasteiger partial charge < -0.3 is 10.8 Å². The number of hydrogen-bond donors (Lipinski definition) is 3. The Balaban J connectivity index is 2.41. The Hall–Kier alpha value is -2.22. The van der Waals surface area contributed by atoms with Crippen LogP contribution in [0.15, 0.2) is 54.6 Å². The van der Waals surface area contributed by atoms with E-state index in [0.29, 0.717) is 11.1 Å². The SMILES string of the molecule is CNS(=O)(=O)Cc1ccc(C(O)(C(N)=O)c2ccccc2)cc1. The molecule has 2 rings (SSSR count). The summed E-state index contributed by atoms with van der Waals surface area (Å²) < 4.78 is 25.3. The van der Waals surface area contributed by atoms with Crippen LogP contribution >= 0.6 is 0 Å². The van der Waals surface area contributed by atoms with Crippen LogP contribution in [0.4, 0.5) is 0 Å². The fourth-order valence-corrected chi connectivity index (χ4v) is 3.04. The highest BCUT2D eigenvalue weighted by molar-refractivity contribution is 7.88. The van der Waals surface area contributed by atoms with E-state index < -0.39 is 21.5 Å². The molecule has 122 valence electrons. The van der Waals surface area contributed by atoms with Gasteiger partial charge in [-0.3, -0.25) is 4.79 Å². The third-order valence-electron chi connectivity index (χ3n) is 3.59. The van der Waals surface area contributed by atoms with Gasteiger partial charge in [0.15, 0.2) is 5.60 Å². The van der Waals surface area contributed by atoms with Crippen molar-refractivity contribution in [3.8, 4) is 0 Å². The number of nitrogens with two attached hydrogens (primary N) is 1. The number of primary amides is 1. The second-order valence-corrected chi connectivity index (χ2v) is 7.03. The third-order valence-corrected chi connectivity index (χ3v) is 4.92. The first-order chi connectivity index (χ1) is 10.8. The highest BCUT2D eigenvalue weighted by atomic mass is 32.2. The molecule has 0 spiro atoms. The second kappa shape index (κ2) is 6.49. The zero-order valence-corrected chi connectivity index (χ0v) is 13.4. The molecule has 1 unspecified atom stereocenters. The van der Waals surface area contributed by atoms with E-state index in [9.17, 15) is 18.3 Å². The molecule has 1 atom stereocenters. The van der Waals surface area contributed by atoms with Crippen LogP contribution in [0.1, 0.15) is 16.7 Å². The lowest BCUT2D eigenvalue weighted by atomic mass is 9.85. The maximum absolute atomic E-state index is 11.8. The molecule has 0 heterocycles. The molecule has 0 aliphatic heterocycles. The minimum atomic E-state index is -3.39. The van der Waals surface area contributed by atoms with E-state index in [1.54, 1.807) is 42.5 Å². The Bertz CT molecular complexity index is 789. The van der Waals surface area contributed by atoms with Gasteiger partial charge in [-0.1, -0.05) is 54.6 Å². The molecule has 23 heavy (non-hydrogen) atoms. The van der Waals surface area contributed by atoms with E-state index >= 15 is 0 Å². The Morgan fingerprint density at radius 2 is 1.61 bits per heavy atom. The van der Waals surface area contributed by atoms with E-state index in [2.05, 4.69) is 4.72 Å². The zero-order chi connectivity index (χ0) is 17.1. The lowest BCUT2D eigenvalue weighted by Gasteiger charge is -2.25. The van der Waals surface area contributed by atoms with Crippen LogP contribution in [-0.2, 0) is 26.2 Å². The molecule has 1 amide bonds. The van der Waals surface area contributed by atoms with E-state index in [1.165, 1.54) is 19.2 Å². The molecule has 7 heteroatoms. The maximum atomic E-state index is 11.8. The fourth-order valence-electron chi connectivity index (χ4n) is 2.26. The van der Waals surface area contributed by atoms with Crippen LogP contribution in [0.3, 0.4) is 0 Å². The van der Waals surface area contributed by atoms with E-state index in [4.69, 9.17) is 5.73 Å². The summed E-state index contributed by atoms with van der Waals surface area (Å²) in [6, 6.07) is 14.4. The summed E-state index contributed by atoms with van der Waals surface area (Å²) in [6.07, 6.45) is 0. The number of nitrogens with one attached hydrogen (secondary N) is 1. The Labute approximate surface area is 135 Å². The highest BCUT2D eigenvalue weighted by Crippen LogP contribution is 2.29. The lowest BCUT2D eigenvalue weighted by molar-refractivity contribution is -0.133. The standard InChI is InChI=1S/C16H18N2O4S/c1-18-23(21,22)11-12-7-9-14(10-8-12)16(20,15(17)19)13-5-3-2-4-6-13/h2-10,18,20H,11H2,1H3,(H2,17,19). The van der Waals surface area contributed by atoms with Crippen molar-refractivity contribution in [2.24, 2.45) is 5.73 Å². The molecule has 4 N–H and O–H groups in total. The van der Waals surface area contributed by atoms with Gasteiger partial charge in [-0.15, -0.1) is 0 Å². The van der Waals surface area contributed by atoms with Gasteiger partial charge in [-0.2, -0.15) is 0 Å². The van der Waals surface area contributed by atoms with Crippen molar-refractivity contribution in [1.29, 1.82) is 0 Å². The quantitative estimate of drug-likeness (QED) is 0.713. The lowest BCUT2D eigenvalue weighted by Crippen LogP contribution is -2.42. The molecule has 0 saturated carbocycles. The number of hydrogen-bond acceptors (Lipinski definition) is 4. The summed E-state index contributed by atoms with van der Waals surface area (Å²) >= 11 is 0. The van der Waals surface area contributed by atoms with E-state index in [-0.39, 0.29) is 11.3 Å². The Morgan fingerprint density at radius 3 is 2.09 bits per heavy atom. The molecule has 0 saturated heterocycles. The van der Waals surface area contributed by atoms with E-state index in [1.807, 2.05) is 0 Å². The van der Waals surface area contributed by atoms with Gasteiger partial charge >= 0.3 is 0 Å². The predicted octanol–water partition coefficient (Wildman–Crippen LogP) is 0.457. The van der Waals surface area contributed by atoms with E-state index in [0.717, 1.165) is 0 Å². The molecular formula is C16H18N2O4S. The van der Waals surface area contributed by atoms with Crippen molar-refractivity contribution in [2.45, 2.75) is 11.4 Å². The number of sulfonamides is 1. The average molecular weight is 334 g/mol.